The maximum Gasteiger partial charge on any atom is 0.107 e. The summed E-state index contributed by atoms with van der Waals surface area (Å²) in [6.45, 7) is 0.604. The number of nitrogens with one attached hydrogen (secondary N) is 1. The van der Waals surface area contributed by atoms with Crippen LogP contribution in [0.25, 0.3) is 11.4 Å². The molecule has 0 aromatic carbocycles. The molecule has 2 heterocycles. The first-order chi connectivity index (χ1) is 6.92. The molecule has 2 aromatic rings. The van der Waals surface area contributed by atoms with Crippen molar-refractivity contribution < 1.29 is 0 Å². The first kappa shape index (κ1) is 8.83. The monoisotopic (exact) mass is 189 g/mol. The van der Waals surface area contributed by atoms with Gasteiger partial charge in [0.2, 0.25) is 0 Å². The van der Waals surface area contributed by atoms with Gasteiger partial charge in [-0.3, -0.25) is 15.1 Å². The number of hydrogen-bond donors (Lipinski definition) is 2. The average molecular weight is 189 g/mol. The lowest BCUT2D eigenvalue weighted by Crippen LogP contribution is -2.03. The van der Waals surface area contributed by atoms with E-state index in [1.54, 1.807) is 24.8 Å². The molecule has 5 heteroatoms. The summed E-state index contributed by atoms with van der Waals surface area (Å²) in [6, 6.07) is 0. The molecule has 0 spiro atoms. The van der Waals surface area contributed by atoms with E-state index < -0.39 is 0 Å². The van der Waals surface area contributed by atoms with Gasteiger partial charge in [-0.05, 0) is 13.0 Å². The van der Waals surface area contributed by atoms with Crippen molar-refractivity contribution in [2.24, 2.45) is 5.73 Å². The Labute approximate surface area is 81.4 Å². The molecular formula is C9H11N5. The molecule has 0 radical (unpaired) electrons. The standard InChI is InChI=1S/C9H11N5/c10-2-1-7-5-13-14-9(7)8-6-11-3-4-12-8/h3-6H,1-2,10H2,(H,13,14). The van der Waals surface area contributed by atoms with Gasteiger partial charge in [0, 0.05) is 18.0 Å². The van der Waals surface area contributed by atoms with Gasteiger partial charge in [-0.25, -0.2) is 0 Å². The van der Waals surface area contributed by atoms with Crippen molar-refractivity contribution in [1.29, 1.82) is 0 Å². The second-order valence-electron chi connectivity index (χ2n) is 2.90. The van der Waals surface area contributed by atoms with E-state index in [2.05, 4.69) is 20.2 Å². The lowest BCUT2D eigenvalue weighted by atomic mass is 10.1. The van der Waals surface area contributed by atoms with E-state index in [1.807, 2.05) is 0 Å². The first-order valence-corrected chi connectivity index (χ1v) is 4.40. The Kier molecular flexibility index (Phi) is 2.51. The molecule has 0 bridgehead atoms. The summed E-state index contributed by atoms with van der Waals surface area (Å²) < 4.78 is 0. The van der Waals surface area contributed by atoms with Crippen molar-refractivity contribution in [2.45, 2.75) is 6.42 Å². The minimum absolute atomic E-state index is 0.604. The molecule has 0 atom stereocenters. The molecule has 3 N–H and O–H groups in total. The second kappa shape index (κ2) is 3.97. The van der Waals surface area contributed by atoms with Crippen LogP contribution in [-0.2, 0) is 6.42 Å². The normalized spacial score (nSPS) is 10.4. The van der Waals surface area contributed by atoms with E-state index in [9.17, 15) is 0 Å². The van der Waals surface area contributed by atoms with E-state index in [-0.39, 0.29) is 0 Å². The summed E-state index contributed by atoms with van der Waals surface area (Å²) in [7, 11) is 0. The van der Waals surface area contributed by atoms with E-state index in [0.717, 1.165) is 23.4 Å². The number of rotatable bonds is 3. The fraction of sp³-hybridized carbons (Fsp3) is 0.222. The highest BCUT2D eigenvalue weighted by Crippen LogP contribution is 2.17. The van der Waals surface area contributed by atoms with Crippen LogP contribution in [-0.4, -0.2) is 26.7 Å². The highest BCUT2D eigenvalue weighted by atomic mass is 15.1. The zero-order valence-corrected chi connectivity index (χ0v) is 7.64. The first-order valence-electron chi connectivity index (χ1n) is 4.40. The van der Waals surface area contributed by atoms with Gasteiger partial charge in [-0.2, -0.15) is 5.10 Å². The summed E-state index contributed by atoms with van der Waals surface area (Å²) in [5, 5.41) is 6.87. The van der Waals surface area contributed by atoms with E-state index >= 15 is 0 Å². The third-order valence-corrected chi connectivity index (χ3v) is 1.95. The van der Waals surface area contributed by atoms with Gasteiger partial charge < -0.3 is 5.73 Å². The largest absolute Gasteiger partial charge is 0.330 e. The molecular weight excluding hydrogens is 178 g/mol. The second-order valence-corrected chi connectivity index (χ2v) is 2.90. The molecule has 0 aliphatic heterocycles. The van der Waals surface area contributed by atoms with Gasteiger partial charge in [0.25, 0.3) is 0 Å². The van der Waals surface area contributed by atoms with E-state index in [1.165, 1.54) is 0 Å². The van der Waals surface area contributed by atoms with Gasteiger partial charge in [0.05, 0.1) is 18.1 Å². The fourth-order valence-corrected chi connectivity index (χ4v) is 1.31. The van der Waals surface area contributed by atoms with Crippen LogP contribution in [0.5, 0.6) is 0 Å². The van der Waals surface area contributed by atoms with Gasteiger partial charge >= 0.3 is 0 Å². The molecule has 0 saturated carbocycles. The van der Waals surface area contributed by atoms with Gasteiger partial charge in [0.15, 0.2) is 0 Å². The molecule has 2 aromatic heterocycles. The molecule has 72 valence electrons. The number of aromatic nitrogens is 4. The Hall–Kier alpha value is -1.75. The van der Waals surface area contributed by atoms with Gasteiger partial charge in [0.1, 0.15) is 5.69 Å². The van der Waals surface area contributed by atoms with Crippen LogP contribution in [0.15, 0.2) is 24.8 Å². The van der Waals surface area contributed by atoms with Crippen LogP contribution in [0.2, 0.25) is 0 Å². The maximum atomic E-state index is 5.49. The number of nitrogens with two attached hydrogens (primary N) is 1. The molecule has 0 fully saturated rings. The van der Waals surface area contributed by atoms with E-state index in [0.29, 0.717) is 6.54 Å². The van der Waals surface area contributed by atoms with Crippen molar-refractivity contribution in [3.05, 3.63) is 30.4 Å². The smallest absolute Gasteiger partial charge is 0.107 e. The van der Waals surface area contributed by atoms with Crippen molar-refractivity contribution in [1.82, 2.24) is 20.2 Å². The lowest BCUT2D eigenvalue weighted by Gasteiger charge is -1.99. The minimum Gasteiger partial charge on any atom is -0.330 e. The fourth-order valence-electron chi connectivity index (χ4n) is 1.31. The highest BCUT2D eigenvalue weighted by molar-refractivity contribution is 5.56. The average Bonchev–Trinajstić information content (AvgIpc) is 2.68. The van der Waals surface area contributed by atoms with Crippen LogP contribution in [0.4, 0.5) is 0 Å². The summed E-state index contributed by atoms with van der Waals surface area (Å²) in [5.74, 6) is 0. The number of hydrogen-bond acceptors (Lipinski definition) is 4. The minimum atomic E-state index is 0.604. The summed E-state index contributed by atoms with van der Waals surface area (Å²) in [4.78, 5) is 8.19. The SMILES string of the molecule is NCCc1cn[nH]c1-c1cnccn1. The number of H-pyrrole nitrogens is 1. The molecule has 5 nitrogen and oxygen atoms in total. The molecule has 2 rings (SSSR count). The Morgan fingerprint density at radius 2 is 2.21 bits per heavy atom. The Balaban J connectivity index is 2.37. The Morgan fingerprint density at radius 1 is 1.29 bits per heavy atom. The summed E-state index contributed by atoms with van der Waals surface area (Å²) in [6.07, 6.45) is 7.57. The summed E-state index contributed by atoms with van der Waals surface area (Å²) >= 11 is 0. The van der Waals surface area contributed by atoms with Crippen LogP contribution >= 0.6 is 0 Å². The predicted molar refractivity (Wildman–Crippen MR) is 52.4 cm³/mol. The molecule has 0 aliphatic rings. The van der Waals surface area contributed by atoms with E-state index in [4.69, 9.17) is 5.73 Å². The van der Waals surface area contributed by atoms with Gasteiger partial charge in [-0.1, -0.05) is 0 Å². The van der Waals surface area contributed by atoms with Crippen LogP contribution in [0.1, 0.15) is 5.56 Å². The third kappa shape index (κ3) is 1.62. The van der Waals surface area contributed by atoms with Crippen LogP contribution in [0.3, 0.4) is 0 Å². The highest BCUT2D eigenvalue weighted by Gasteiger charge is 2.07. The number of nitrogens with zero attached hydrogens (tertiary/aromatic N) is 3. The van der Waals surface area contributed by atoms with Gasteiger partial charge in [-0.15, -0.1) is 0 Å². The molecule has 0 saturated heterocycles. The molecule has 0 unspecified atom stereocenters. The zero-order chi connectivity index (χ0) is 9.80. The van der Waals surface area contributed by atoms with Crippen molar-refractivity contribution in [3.8, 4) is 11.4 Å². The van der Waals surface area contributed by atoms with Crippen LogP contribution < -0.4 is 5.73 Å². The van der Waals surface area contributed by atoms with Crippen LogP contribution in [0, 0.1) is 0 Å². The quantitative estimate of drug-likeness (QED) is 0.730. The third-order valence-electron chi connectivity index (χ3n) is 1.95. The Morgan fingerprint density at radius 3 is 2.93 bits per heavy atom. The zero-order valence-electron chi connectivity index (χ0n) is 7.64. The maximum absolute atomic E-state index is 5.49. The predicted octanol–water partition coefficient (Wildman–Crippen LogP) is 0.368. The van der Waals surface area contributed by atoms with Crippen molar-refractivity contribution >= 4 is 0 Å². The summed E-state index contributed by atoms with van der Waals surface area (Å²) in [5.41, 5.74) is 8.27. The Bertz CT molecular complexity index is 395. The molecule has 0 aliphatic carbocycles. The topological polar surface area (TPSA) is 80.5 Å². The number of aromatic amines is 1. The lowest BCUT2D eigenvalue weighted by molar-refractivity contribution is 0.970. The van der Waals surface area contributed by atoms with Crippen molar-refractivity contribution in [2.75, 3.05) is 6.54 Å². The van der Waals surface area contributed by atoms with Crippen molar-refractivity contribution in [3.63, 3.8) is 0 Å². The molecule has 0 amide bonds. The molecule has 14 heavy (non-hydrogen) atoms.